The normalized spacial score (nSPS) is 31.2. The molecular weight excluding hydrogens is 202 g/mol. The molecule has 1 aliphatic rings. The van der Waals surface area contributed by atoms with Crippen LogP contribution in [0.15, 0.2) is 12.3 Å². The molecule has 5 heteroatoms. The van der Waals surface area contributed by atoms with Crippen molar-refractivity contribution in [1.29, 1.82) is 0 Å². The van der Waals surface area contributed by atoms with Gasteiger partial charge in [0.15, 0.2) is 0 Å². The van der Waals surface area contributed by atoms with Crippen LogP contribution in [0.5, 0.6) is 0 Å². The Labute approximate surface area is 86.9 Å². The number of hydrogen-bond acceptors (Lipinski definition) is 4. The molecule has 1 heterocycles. The monoisotopic (exact) mass is 213 g/mol. The van der Waals surface area contributed by atoms with Crippen molar-refractivity contribution in [3.05, 3.63) is 22.8 Å². The Morgan fingerprint density at radius 1 is 1.57 bits per heavy atom. The van der Waals surface area contributed by atoms with Gasteiger partial charge >= 0.3 is 0 Å². The molecule has 0 radical (unpaired) electrons. The summed E-state index contributed by atoms with van der Waals surface area (Å²) < 4.78 is 0. The third kappa shape index (κ3) is 1.45. The minimum absolute atomic E-state index is 0.0402. The van der Waals surface area contributed by atoms with Gasteiger partial charge < -0.3 is 16.6 Å². The maximum absolute atomic E-state index is 10.1. The van der Waals surface area contributed by atoms with Crippen LogP contribution < -0.4 is 11.5 Å². The van der Waals surface area contributed by atoms with Crippen LogP contribution in [0.1, 0.15) is 18.4 Å². The second-order valence-corrected chi connectivity index (χ2v) is 4.22. The van der Waals surface area contributed by atoms with Gasteiger partial charge in [-0.3, -0.25) is 0 Å². The van der Waals surface area contributed by atoms with Crippen LogP contribution >= 0.6 is 11.6 Å². The van der Waals surface area contributed by atoms with Gasteiger partial charge in [-0.2, -0.15) is 0 Å². The summed E-state index contributed by atoms with van der Waals surface area (Å²) >= 11 is 5.78. The molecule has 0 unspecified atom stereocenters. The SMILES string of the molecule is Nc1ncc(Cl)cc1C1(O)CC(N)C1. The van der Waals surface area contributed by atoms with E-state index in [1.54, 1.807) is 6.07 Å². The first kappa shape index (κ1) is 9.71. The van der Waals surface area contributed by atoms with Crippen LogP contribution in [0.3, 0.4) is 0 Å². The number of nitrogen functional groups attached to an aromatic ring is 1. The van der Waals surface area contributed by atoms with Crippen molar-refractivity contribution in [2.75, 3.05) is 5.73 Å². The van der Waals surface area contributed by atoms with Crippen LogP contribution in [-0.2, 0) is 5.60 Å². The molecule has 0 saturated heterocycles. The predicted molar refractivity (Wildman–Crippen MR) is 54.8 cm³/mol. The third-order valence-corrected chi connectivity index (χ3v) is 2.79. The van der Waals surface area contributed by atoms with Gasteiger partial charge in [0.25, 0.3) is 0 Å². The van der Waals surface area contributed by atoms with E-state index < -0.39 is 5.60 Å². The van der Waals surface area contributed by atoms with Crippen LogP contribution in [0.2, 0.25) is 5.02 Å². The van der Waals surface area contributed by atoms with Gasteiger partial charge in [0, 0.05) is 17.8 Å². The molecule has 1 aliphatic carbocycles. The van der Waals surface area contributed by atoms with E-state index in [1.807, 2.05) is 0 Å². The number of hydrogen-bond donors (Lipinski definition) is 3. The summed E-state index contributed by atoms with van der Waals surface area (Å²) in [7, 11) is 0. The van der Waals surface area contributed by atoms with Crippen molar-refractivity contribution in [2.24, 2.45) is 5.73 Å². The summed E-state index contributed by atoms with van der Waals surface area (Å²) in [5, 5.41) is 10.6. The maximum atomic E-state index is 10.1. The largest absolute Gasteiger partial charge is 0.385 e. The van der Waals surface area contributed by atoms with Crippen molar-refractivity contribution in [2.45, 2.75) is 24.5 Å². The molecule has 4 nitrogen and oxygen atoms in total. The van der Waals surface area contributed by atoms with Gasteiger partial charge in [0.1, 0.15) is 5.82 Å². The summed E-state index contributed by atoms with van der Waals surface area (Å²) in [5.41, 5.74) is 10.9. The molecule has 5 N–H and O–H groups in total. The van der Waals surface area contributed by atoms with E-state index in [1.165, 1.54) is 6.20 Å². The average molecular weight is 214 g/mol. The van der Waals surface area contributed by atoms with E-state index >= 15 is 0 Å². The van der Waals surface area contributed by atoms with E-state index in [4.69, 9.17) is 23.1 Å². The van der Waals surface area contributed by atoms with Crippen molar-refractivity contribution in [3.63, 3.8) is 0 Å². The summed E-state index contributed by atoms with van der Waals surface area (Å²) in [6.45, 7) is 0. The second kappa shape index (κ2) is 3.08. The van der Waals surface area contributed by atoms with Crippen molar-refractivity contribution in [3.8, 4) is 0 Å². The number of aliphatic hydroxyl groups is 1. The lowest BCUT2D eigenvalue weighted by Gasteiger charge is -2.42. The zero-order valence-electron chi connectivity index (χ0n) is 7.57. The number of halogens is 1. The van der Waals surface area contributed by atoms with Crippen LogP contribution in [0, 0.1) is 0 Å². The Morgan fingerprint density at radius 2 is 2.21 bits per heavy atom. The Bertz CT molecular complexity index is 363. The van der Waals surface area contributed by atoms with Gasteiger partial charge in [-0.25, -0.2) is 4.98 Å². The molecule has 0 aliphatic heterocycles. The molecule has 0 atom stereocenters. The minimum Gasteiger partial charge on any atom is -0.385 e. The number of nitrogens with two attached hydrogens (primary N) is 2. The lowest BCUT2D eigenvalue weighted by Crippen LogP contribution is -2.49. The molecule has 0 spiro atoms. The van der Waals surface area contributed by atoms with E-state index in [9.17, 15) is 5.11 Å². The zero-order valence-corrected chi connectivity index (χ0v) is 8.33. The molecular formula is C9H12ClN3O. The number of rotatable bonds is 1. The van der Waals surface area contributed by atoms with E-state index in [-0.39, 0.29) is 6.04 Å². The quantitative estimate of drug-likeness (QED) is 0.639. The van der Waals surface area contributed by atoms with E-state index in [0.717, 1.165) is 0 Å². The van der Waals surface area contributed by atoms with Crippen LogP contribution in [-0.4, -0.2) is 16.1 Å². The predicted octanol–water partition coefficient (Wildman–Crippen LogP) is 0.626. The molecule has 1 fully saturated rings. The molecule has 2 rings (SSSR count). The fourth-order valence-electron chi connectivity index (χ4n) is 1.85. The first-order valence-corrected chi connectivity index (χ1v) is 4.78. The summed E-state index contributed by atoms with van der Waals surface area (Å²) in [4.78, 5) is 3.90. The van der Waals surface area contributed by atoms with Crippen molar-refractivity contribution < 1.29 is 5.11 Å². The summed E-state index contributed by atoms with van der Waals surface area (Å²) in [6.07, 6.45) is 2.49. The first-order valence-electron chi connectivity index (χ1n) is 4.41. The highest BCUT2D eigenvalue weighted by Crippen LogP contribution is 2.42. The molecule has 1 aromatic heterocycles. The van der Waals surface area contributed by atoms with Gasteiger partial charge in [-0.1, -0.05) is 11.6 Å². The first-order chi connectivity index (χ1) is 6.51. The van der Waals surface area contributed by atoms with Gasteiger partial charge in [-0.15, -0.1) is 0 Å². The number of aromatic nitrogens is 1. The number of pyridine rings is 1. The van der Waals surface area contributed by atoms with Crippen LogP contribution in [0.25, 0.3) is 0 Å². The Morgan fingerprint density at radius 3 is 2.79 bits per heavy atom. The molecule has 0 aromatic carbocycles. The van der Waals surface area contributed by atoms with Crippen molar-refractivity contribution in [1.82, 2.24) is 4.98 Å². The lowest BCUT2D eigenvalue weighted by molar-refractivity contribution is -0.0518. The smallest absolute Gasteiger partial charge is 0.129 e. The fourth-order valence-corrected chi connectivity index (χ4v) is 2.01. The standard InChI is InChI=1S/C9H12ClN3O/c10-5-1-7(8(12)13-4-5)9(14)2-6(11)3-9/h1,4,6,14H,2-3,11H2,(H2,12,13). The van der Waals surface area contributed by atoms with Crippen LogP contribution in [0.4, 0.5) is 5.82 Å². The second-order valence-electron chi connectivity index (χ2n) is 3.79. The van der Waals surface area contributed by atoms with Gasteiger partial charge in [0.2, 0.25) is 0 Å². The van der Waals surface area contributed by atoms with Gasteiger partial charge in [-0.05, 0) is 18.9 Å². The topological polar surface area (TPSA) is 85.2 Å². The molecule has 0 amide bonds. The number of anilines is 1. The third-order valence-electron chi connectivity index (χ3n) is 2.59. The molecule has 1 saturated carbocycles. The lowest BCUT2D eigenvalue weighted by atomic mass is 9.72. The molecule has 76 valence electrons. The van der Waals surface area contributed by atoms with Gasteiger partial charge in [0.05, 0.1) is 10.6 Å². The molecule has 0 bridgehead atoms. The zero-order chi connectivity index (χ0) is 10.3. The average Bonchev–Trinajstić information content (AvgIpc) is 2.07. The Hall–Kier alpha value is -0.840. The Balaban J connectivity index is 2.36. The minimum atomic E-state index is -0.929. The van der Waals surface area contributed by atoms with E-state index in [0.29, 0.717) is 29.2 Å². The highest BCUT2D eigenvalue weighted by atomic mass is 35.5. The Kier molecular flexibility index (Phi) is 2.14. The van der Waals surface area contributed by atoms with E-state index in [2.05, 4.69) is 4.98 Å². The highest BCUT2D eigenvalue weighted by molar-refractivity contribution is 6.30. The fraction of sp³-hybridized carbons (Fsp3) is 0.444. The summed E-state index contributed by atoms with van der Waals surface area (Å²) in [6, 6.07) is 1.69. The maximum Gasteiger partial charge on any atom is 0.129 e. The molecule has 1 aromatic rings. The number of nitrogens with zero attached hydrogens (tertiary/aromatic N) is 1. The van der Waals surface area contributed by atoms with Crippen molar-refractivity contribution >= 4 is 17.4 Å². The summed E-state index contributed by atoms with van der Waals surface area (Å²) in [5.74, 6) is 0.323. The molecule has 14 heavy (non-hydrogen) atoms. The highest BCUT2D eigenvalue weighted by Gasteiger charge is 2.43.